The molecule has 1 atom stereocenters. The molecule has 0 radical (unpaired) electrons. The Morgan fingerprint density at radius 2 is 2.04 bits per heavy atom. The number of hydrogen-bond acceptors (Lipinski definition) is 4. The summed E-state index contributed by atoms with van der Waals surface area (Å²) in [7, 11) is 0. The second-order valence-corrected chi connectivity index (χ2v) is 7.49. The molecule has 0 saturated carbocycles. The molecule has 0 aromatic heterocycles. The van der Waals surface area contributed by atoms with Crippen LogP contribution in [0.15, 0.2) is 42.5 Å². The second kappa shape index (κ2) is 7.50. The monoisotopic (exact) mass is 370 g/mol. The van der Waals surface area contributed by atoms with Crippen molar-refractivity contribution in [1.29, 1.82) is 0 Å². The van der Waals surface area contributed by atoms with E-state index in [0.29, 0.717) is 13.2 Å². The Morgan fingerprint density at radius 3 is 2.88 bits per heavy atom. The summed E-state index contributed by atoms with van der Waals surface area (Å²) in [6.07, 6.45) is 0.948. The van der Waals surface area contributed by atoms with Crippen LogP contribution in [0.1, 0.15) is 23.4 Å². The van der Waals surface area contributed by atoms with Gasteiger partial charge in [-0.3, -0.25) is 0 Å². The summed E-state index contributed by atoms with van der Waals surface area (Å²) in [6.45, 7) is 3.97. The summed E-state index contributed by atoms with van der Waals surface area (Å²) in [5.74, 6) is 2.45. The van der Waals surface area contributed by atoms with Crippen LogP contribution < -0.4 is 14.8 Å². The minimum atomic E-state index is -0.0665. The third kappa shape index (κ3) is 3.46. The number of hydrogen-bond donors (Lipinski definition) is 1. The van der Waals surface area contributed by atoms with E-state index in [1.54, 1.807) is 11.8 Å². The van der Waals surface area contributed by atoms with Crippen LogP contribution in [0.3, 0.4) is 0 Å². The first-order valence-electron chi connectivity index (χ1n) is 8.92. The molecule has 0 aliphatic carbocycles. The molecule has 1 N–H and O–H groups in total. The van der Waals surface area contributed by atoms with Gasteiger partial charge in [-0.25, -0.2) is 4.79 Å². The fraction of sp³-hybridized carbons (Fsp3) is 0.350. The fourth-order valence-corrected chi connectivity index (χ4v) is 4.48. The fourth-order valence-electron chi connectivity index (χ4n) is 3.23. The van der Waals surface area contributed by atoms with Gasteiger partial charge in [-0.2, -0.15) is 0 Å². The van der Waals surface area contributed by atoms with Gasteiger partial charge in [0.25, 0.3) is 0 Å². The number of rotatable bonds is 3. The number of aryl methyl sites for hydroxylation is 1. The zero-order chi connectivity index (χ0) is 17.9. The molecule has 5 nitrogen and oxygen atoms in total. The van der Waals surface area contributed by atoms with Gasteiger partial charge in [0.2, 0.25) is 0 Å². The molecule has 26 heavy (non-hydrogen) atoms. The van der Waals surface area contributed by atoms with Gasteiger partial charge in [0, 0.05) is 18.0 Å². The predicted octanol–water partition coefficient (Wildman–Crippen LogP) is 4.30. The van der Waals surface area contributed by atoms with Gasteiger partial charge in [0.05, 0.1) is 0 Å². The van der Waals surface area contributed by atoms with Crippen LogP contribution in [0.25, 0.3) is 0 Å². The molecule has 2 heterocycles. The molecule has 0 bridgehead atoms. The number of nitrogens with zero attached hydrogens (tertiary/aromatic N) is 1. The van der Waals surface area contributed by atoms with Crippen LogP contribution in [0.5, 0.6) is 11.5 Å². The largest absolute Gasteiger partial charge is 0.486 e. The smallest absolute Gasteiger partial charge is 0.323 e. The third-order valence-corrected chi connectivity index (χ3v) is 5.85. The Labute approximate surface area is 157 Å². The SMILES string of the molecule is CCc1cccc(NC(=O)N2CCS[C@H]2c2ccc3c(c2)OCCO3)c1. The van der Waals surface area contributed by atoms with E-state index in [4.69, 9.17) is 9.47 Å². The van der Waals surface area contributed by atoms with E-state index >= 15 is 0 Å². The average molecular weight is 370 g/mol. The quantitative estimate of drug-likeness (QED) is 0.875. The Balaban J connectivity index is 1.51. The Kier molecular flexibility index (Phi) is 4.93. The molecule has 2 aromatic carbocycles. The first kappa shape index (κ1) is 17.1. The summed E-state index contributed by atoms with van der Waals surface area (Å²) in [6, 6.07) is 13.9. The molecule has 2 aliphatic heterocycles. The van der Waals surface area contributed by atoms with Crippen LogP contribution in [-0.4, -0.2) is 36.4 Å². The van der Waals surface area contributed by atoms with Crippen molar-refractivity contribution in [2.45, 2.75) is 18.7 Å². The number of fused-ring (bicyclic) bond motifs is 1. The number of urea groups is 1. The number of amides is 2. The lowest BCUT2D eigenvalue weighted by molar-refractivity contribution is 0.171. The normalized spacial score (nSPS) is 18.7. The first-order chi connectivity index (χ1) is 12.7. The van der Waals surface area contributed by atoms with E-state index in [9.17, 15) is 4.79 Å². The molecule has 2 aliphatic rings. The van der Waals surface area contributed by atoms with Crippen LogP contribution in [0.2, 0.25) is 0 Å². The maximum atomic E-state index is 12.8. The van der Waals surface area contributed by atoms with Crippen LogP contribution in [0, 0.1) is 0 Å². The Bertz CT molecular complexity index is 811. The van der Waals surface area contributed by atoms with Crippen molar-refractivity contribution in [2.75, 3.05) is 30.8 Å². The molecule has 6 heteroatoms. The van der Waals surface area contributed by atoms with Crippen molar-refractivity contribution in [2.24, 2.45) is 0 Å². The van der Waals surface area contributed by atoms with Gasteiger partial charge in [0.1, 0.15) is 18.6 Å². The van der Waals surface area contributed by atoms with Crippen molar-refractivity contribution >= 4 is 23.5 Å². The second-order valence-electron chi connectivity index (χ2n) is 6.30. The lowest BCUT2D eigenvalue weighted by Gasteiger charge is -2.26. The molecule has 2 aromatic rings. The van der Waals surface area contributed by atoms with Gasteiger partial charge in [-0.15, -0.1) is 11.8 Å². The maximum Gasteiger partial charge on any atom is 0.323 e. The number of anilines is 1. The maximum absolute atomic E-state index is 12.8. The molecule has 1 fully saturated rings. The Hall–Kier alpha value is -2.34. The van der Waals surface area contributed by atoms with E-state index < -0.39 is 0 Å². The van der Waals surface area contributed by atoms with Gasteiger partial charge >= 0.3 is 6.03 Å². The van der Waals surface area contributed by atoms with E-state index in [1.165, 1.54) is 5.56 Å². The van der Waals surface area contributed by atoms with Gasteiger partial charge in [-0.05, 0) is 41.8 Å². The van der Waals surface area contributed by atoms with Crippen molar-refractivity contribution < 1.29 is 14.3 Å². The molecule has 1 saturated heterocycles. The molecular formula is C20H22N2O3S. The van der Waals surface area contributed by atoms with E-state index in [2.05, 4.69) is 18.3 Å². The van der Waals surface area contributed by atoms with E-state index in [-0.39, 0.29) is 11.4 Å². The highest BCUT2D eigenvalue weighted by Crippen LogP contribution is 2.41. The summed E-state index contributed by atoms with van der Waals surface area (Å²) in [5.41, 5.74) is 3.11. The lowest BCUT2D eigenvalue weighted by Crippen LogP contribution is -2.34. The van der Waals surface area contributed by atoms with Gasteiger partial charge < -0.3 is 19.7 Å². The summed E-state index contributed by atoms with van der Waals surface area (Å²) in [5, 5.41) is 3.02. The highest BCUT2D eigenvalue weighted by molar-refractivity contribution is 7.99. The number of carbonyl (C=O) groups is 1. The van der Waals surface area contributed by atoms with Crippen LogP contribution in [-0.2, 0) is 6.42 Å². The zero-order valence-electron chi connectivity index (χ0n) is 14.7. The van der Waals surface area contributed by atoms with E-state index in [1.807, 2.05) is 41.3 Å². The summed E-state index contributed by atoms with van der Waals surface area (Å²) in [4.78, 5) is 14.7. The van der Waals surface area contributed by atoms with Crippen LogP contribution >= 0.6 is 11.8 Å². The Morgan fingerprint density at radius 1 is 1.19 bits per heavy atom. The van der Waals surface area contributed by atoms with Gasteiger partial charge in [0.15, 0.2) is 11.5 Å². The van der Waals surface area contributed by atoms with Crippen molar-refractivity contribution in [3.8, 4) is 11.5 Å². The average Bonchev–Trinajstić information content (AvgIpc) is 3.18. The lowest BCUT2D eigenvalue weighted by atomic mass is 10.1. The zero-order valence-corrected chi connectivity index (χ0v) is 15.6. The molecule has 4 rings (SSSR count). The number of carbonyl (C=O) groups excluding carboxylic acids is 1. The summed E-state index contributed by atoms with van der Waals surface area (Å²) >= 11 is 1.77. The predicted molar refractivity (Wildman–Crippen MR) is 104 cm³/mol. The van der Waals surface area contributed by atoms with Crippen molar-refractivity contribution in [1.82, 2.24) is 4.90 Å². The highest BCUT2D eigenvalue weighted by atomic mass is 32.2. The molecule has 136 valence electrons. The van der Waals surface area contributed by atoms with Crippen molar-refractivity contribution in [3.05, 3.63) is 53.6 Å². The molecule has 0 spiro atoms. The molecule has 0 unspecified atom stereocenters. The topological polar surface area (TPSA) is 50.8 Å². The minimum Gasteiger partial charge on any atom is -0.486 e. The van der Waals surface area contributed by atoms with Crippen LogP contribution in [0.4, 0.5) is 10.5 Å². The molecular weight excluding hydrogens is 348 g/mol. The summed E-state index contributed by atoms with van der Waals surface area (Å²) < 4.78 is 11.3. The number of nitrogens with one attached hydrogen (secondary N) is 1. The number of ether oxygens (including phenoxy) is 2. The van der Waals surface area contributed by atoms with E-state index in [0.717, 1.165) is 41.5 Å². The molecule has 2 amide bonds. The number of benzene rings is 2. The minimum absolute atomic E-state index is 0.0137. The van der Waals surface area contributed by atoms with Gasteiger partial charge in [-0.1, -0.05) is 25.1 Å². The number of thioether (sulfide) groups is 1. The van der Waals surface area contributed by atoms with Crippen molar-refractivity contribution in [3.63, 3.8) is 0 Å². The highest BCUT2D eigenvalue weighted by Gasteiger charge is 2.31. The standard InChI is InChI=1S/C20H22N2O3S/c1-2-14-4-3-5-16(12-14)21-20(23)22-8-11-26-19(22)15-6-7-17-18(13-15)25-10-9-24-17/h3-7,12-13,19H,2,8-11H2,1H3,(H,21,23)/t19-/m0/s1. The first-order valence-corrected chi connectivity index (χ1v) is 9.97. The third-order valence-electron chi connectivity index (χ3n) is 4.59.